The lowest BCUT2D eigenvalue weighted by Crippen LogP contribution is -2.39. The zero-order chi connectivity index (χ0) is 14.4. The lowest BCUT2D eigenvalue weighted by Gasteiger charge is -2.31. The summed E-state index contributed by atoms with van der Waals surface area (Å²) in [5.41, 5.74) is 0.0643. The highest BCUT2D eigenvalue weighted by atomic mass is 16.2. The first-order valence-corrected chi connectivity index (χ1v) is 6.71. The van der Waals surface area contributed by atoms with Gasteiger partial charge in [-0.1, -0.05) is 19.3 Å². The minimum Gasteiger partial charge on any atom is -0.338 e. The highest BCUT2D eigenvalue weighted by molar-refractivity contribution is 5.97. The lowest BCUT2D eigenvalue weighted by molar-refractivity contribution is -0.128. The van der Waals surface area contributed by atoms with E-state index in [0.29, 0.717) is 5.95 Å². The molecule has 1 aliphatic rings. The fraction of sp³-hybridized carbons (Fsp3) is 0.538. The van der Waals surface area contributed by atoms with Gasteiger partial charge in [0.1, 0.15) is 18.0 Å². The van der Waals surface area contributed by atoms with Crippen molar-refractivity contribution in [3.05, 3.63) is 18.1 Å². The quantitative estimate of drug-likeness (QED) is 0.639. The number of nitrogens with one attached hydrogen (secondary N) is 2. The Morgan fingerprint density at radius 3 is 2.90 bits per heavy atom. The van der Waals surface area contributed by atoms with E-state index in [0.717, 1.165) is 25.7 Å². The molecule has 2 N–H and O–H groups in total. The second-order valence-electron chi connectivity index (χ2n) is 4.86. The molecule has 20 heavy (non-hydrogen) atoms. The molecule has 1 fully saturated rings. The maximum Gasteiger partial charge on any atom is 0.266 e. The van der Waals surface area contributed by atoms with Gasteiger partial charge < -0.3 is 10.2 Å². The van der Waals surface area contributed by atoms with E-state index in [1.54, 1.807) is 11.9 Å². The van der Waals surface area contributed by atoms with Crippen molar-refractivity contribution in [3.63, 3.8) is 0 Å². The Labute approximate surface area is 117 Å². The Hall–Kier alpha value is -2.36. The molecule has 0 aliphatic heterocycles. The smallest absolute Gasteiger partial charge is 0.266 e. The van der Waals surface area contributed by atoms with Crippen LogP contribution >= 0.6 is 0 Å². The van der Waals surface area contributed by atoms with Crippen molar-refractivity contribution in [1.82, 2.24) is 20.1 Å². The van der Waals surface area contributed by atoms with E-state index < -0.39 is 0 Å². The highest BCUT2D eigenvalue weighted by Crippen LogP contribution is 2.22. The van der Waals surface area contributed by atoms with Crippen molar-refractivity contribution in [1.29, 1.82) is 5.26 Å². The second kappa shape index (κ2) is 6.70. The molecule has 0 saturated heterocycles. The monoisotopic (exact) mass is 274 g/mol. The molecule has 1 aromatic rings. The Kier molecular flexibility index (Phi) is 4.71. The zero-order valence-electron chi connectivity index (χ0n) is 11.5. The minimum atomic E-state index is -0.258. The van der Waals surface area contributed by atoms with Crippen LogP contribution in [0.4, 0.5) is 5.95 Å². The van der Waals surface area contributed by atoms with Crippen LogP contribution in [-0.2, 0) is 4.79 Å². The van der Waals surface area contributed by atoms with Gasteiger partial charge in [-0.25, -0.2) is 5.10 Å². The number of anilines is 1. The molecule has 1 saturated carbocycles. The molecule has 1 amide bonds. The van der Waals surface area contributed by atoms with Crippen molar-refractivity contribution in [3.8, 4) is 6.07 Å². The Morgan fingerprint density at radius 2 is 2.30 bits per heavy atom. The number of likely N-dealkylation sites (N-methyl/N-ethyl adjacent to an activating group) is 1. The molecule has 0 spiro atoms. The SMILES string of the molecule is CN(C(=O)/C(C#N)=C\Nc1ncn[nH]1)C1CCCCC1. The van der Waals surface area contributed by atoms with Crippen LogP contribution in [-0.4, -0.2) is 39.1 Å². The maximum absolute atomic E-state index is 12.3. The number of carbonyl (C=O) groups excluding carboxylic acids is 1. The molecule has 7 nitrogen and oxygen atoms in total. The first-order valence-electron chi connectivity index (χ1n) is 6.71. The summed E-state index contributed by atoms with van der Waals surface area (Å²) in [6.07, 6.45) is 8.24. The van der Waals surface area contributed by atoms with Crippen LogP contribution in [0.2, 0.25) is 0 Å². The lowest BCUT2D eigenvalue weighted by atomic mass is 9.94. The van der Waals surface area contributed by atoms with Crippen molar-refractivity contribution in [2.75, 3.05) is 12.4 Å². The summed E-state index contributed by atoms with van der Waals surface area (Å²) in [6, 6.07) is 2.16. The first kappa shape index (κ1) is 14.1. The van der Waals surface area contributed by atoms with E-state index in [-0.39, 0.29) is 17.5 Å². The second-order valence-corrected chi connectivity index (χ2v) is 4.86. The predicted molar refractivity (Wildman–Crippen MR) is 73.3 cm³/mol. The molecule has 1 aromatic heterocycles. The molecular weight excluding hydrogens is 256 g/mol. The summed E-state index contributed by atoms with van der Waals surface area (Å²) in [4.78, 5) is 17.8. The first-order chi connectivity index (χ1) is 9.72. The van der Waals surface area contributed by atoms with Gasteiger partial charge in [-0.3, -0.25) is 4.79 Å². The number of rotatable bonds is 4. The van der Waals surface area contributed by atoms with Gasteiger partial charge >= 0.3 is 0 Å². The average molecular weight is 274 g/mol. The third-order valence-corrected chi connectivity index (χ3v) is 3.56. The molecule has 0 bridgehead atoms. The van der Waals surface area contributed by atoms with Gasteiger partial charge in [0.05, 0.1) is 0 Å². The molecule has 0 radical (unpaired) electrons. The minimum absolute atomic E-state index is 0.0643. The largest absolute Gasteiger partial charge is 0.338 e. The Balaban J connectivity index is 2.00. The van der Waals surface area contributed by atoms with E-state index in [2.05, 4.69) is 20.5 Å². The van der Waals surface area contributed by atoms with Crippen LogP contribution in [0.1, 0.15) is 32.1 Å². The molecule has 1 aliphatic carbocycles. The van der Waals surface area contributed by atoms with Gasteiger partial charge in [-0.15, -0.1) is 0 Å². The van der Waals surface area contributed by atoms with Crippen LogP contribution in [0.25, 0.3) is 0 Å². The van der Waals surface area contributed by atoms with Crippen LogP contribution < -0.4 is 5.32 Å². The molecule has 0 aromatic carbocycles. The number of aromatic amines is 1. The molecule has 0 unspecified atom stereocenters. The number of amides is 1. The van der Waals surface area contributed by atoms with Crippen LogP contribution in [0.15, 0.2) is 18.1 Å². The molecule has 2 rings (SSSR count). The normalized spacial score (nSPS) is 16.5. The van der Waals surface area contributed by atoms with Gasteiger partial charge in [0.25, 0.3) is 5.91 Å². The van der Waals surface area contributed by atoms with Gasteiger partial charge in [-0.05, 0) is 12.8 Å². The Bertz CT molecular complexity index is 509. The summed E-state index contributed by atoms with van der Waals surface area (Å²) in [7, 11) is 1.76. The maximum atomic E-state index is 12.3. The summed E-state index contributed by atoms with van der Waals surface area (Å²) < 4.78 is 0. The van der Waals surface area contributed by atoms with Crippen molar-refractivity contribution in [2.45, 2.75) is 38.1 Å². The third-order valence-electron chi connectivity index (χ3n) is 3.56. The molecule has 106 valence electrons. The van der Waals surface area contributed by atoms with Crippen LogP contribution in [0, 0.1) is 11.3 Å². The van der Waals surface area contributed by atoms with Crippen LogP contribution in [0.3, 0.4) is 0 Å². The number of nitriles is 1. The number of nitrogens with zero attached hydrogens (tertiary/aromatic N) is 4. The van der Waals surface area contributed by atoms with E-state index in [1.807, 2.05) is 6.07 Å². The van der Waals surface area contributed by atoms with Crippen molar-refractivity contribution < 1.29 is 4.79 Å². The number of hydrogen-bond acceptors (Lipinski definition) is 5. The topological polar surface area (TPSA) is 97.7 Å². The number of aromatic nitrogens is 3. The number of hydrogen-bond donors (Lipinski definition) is 2. The molecule has 7 heteroatoms. The van der Waals surface area contributed by atoms with E-state index in [4.69, 9.17) is 5.26 Å². The van der Waals surface area contributed by atoms with Crippen molar-refractivity contribution in [2.24, 2.45) is 0 Å². The molecule has 1 heterocycles. The number of H-pyrrole nitrogens is 1. The fourth-order valence-electron chi connectivity index (χ4n) is 2.38. The Morgan fingerprint density at radius 1 is 1.55 bits per heavy atom. The summed E-state index contributed by atoms with van der Waals surface area (Å²) in [5.74, 6) is 0.136. The molecule has 0 atom stereocenters. The van der Waals surface area contributed by atoms with Gasteiger partial charge in [0.2, 0.25) is 5.95 Å². The van der Waals surface area contributed by atoms with Crippen LogP contribution in [0.5, 0.6) is 0 Å². The van der Waals surface area contributed by atoms with E-state index in [1.165, 1.54) is 18.9 Å². The van der Waals surface area contributed by atoms with Gasteiger partial charge in [0.15, 0.2) is 0 Å². The fourth-order valence-corrected chi connectivity index (χ4v) is 2.38. The number of carbonyl (C=O) groups is 1. The standard InChI is InChI=1S/C13H18N6O/c1-19(11-5-3-2-4-6-11)12(20)10(7-14)8-15-13-16-9-17-18-13/h8-9,11H,2-6H2,1H3,(H2,15,16,17,18)/b10-8-. The van der Waals surface area contributed by atoms with E-state index >= 15 is 0 Å². The van der Waals surface area contributed by atoms with Crippen molar-refractivity contribution >= 4 is 11.9 Å². The van der Waals surface area contributed by atoms with E-state index in [9.17, 15) is 4.79 Å². The average Bonchev–Trinajstić information content (AvgIpc) is 3.01. The predicted octanol–water partition coefficient (Wildman–Crippen LogP) is 1.42. The summed E-state index contributed by atoms with van der Waals surface area (Å²) in [5, 5.41) is 18.1. The van der Waals surface area contributed by atoms with Gasteiger partial charge in [-0.2, -0.15) is 15.3 Å². The molecular formula is C13H18N6O. The summed E-state index contributed by atoms with van der Waals surface area (Å²) >= 11 is 0. The third kappa shape index (κ3) is 3.35. The summed E-state index contributed by atoms with van der Waals surface area (Å²) in [6.45, 7) is 0. The zero-order valence-corrected chi connectivity index (χ0v) is 11.5. The van der Waals surface area contributed by atoms with Gasteiger partial charge in [0, 0.05) is 19.3 Å². The highest BCUT2D eigenvalue weighted by Gasteiger charge is 2.24.